The Morgan fingerprint density at radius 1 is 1.14 bits per heavy atom. The van der Waals surface area contributed by atoms with Crippen molar-refractivity contribution in [2.24, 2.45) is 5.73 Å². The van der Waals surface area contributed by atoms with Gasteiger partial charge in [-0.25, -0.2) is 0 Å². The molecular formula is C13H17N. The van der Waals surface area contributed by atoms with Crippen molar-refractivity contribution in [1.29, 1.82) is 0 Å². The number of benzene rings is 1. The number of allylic oxidation sites excluding steroid dienone is 2. The summed E-state index contributed by atoms with van der Waals surface area (Å²) in [6.45, 7) is 10.0. The molecule has 0 amide bonds. The Hall–Kier alpha value is -1.50. The number of hydrogen-bond acceptors (Lipinski definition) is 1. The molecule has 0 radical (unpaired) electrons. The Bertz CT molecular complexity index is 462. The van der Waals surface area contributed by atoms with E-state index in [1.165, 1.54) is 10.8 Å². The first-order chi connectivity index (χ1) is 6.54. The van der Waals surface area contributed by atoms with Crippen molar-refractivity contribution in [1.82, 2.24) is 0 Å². The van der Waals surface area contributed by atoms with Crippen LogP contribution in [0.5, 0.6) is 0 Å². The van der Waals surface area contributed by atoms with E-state index < -0.39 is 0 Å². The standard InChI is InChI=1S/C13H17N/c1-9-7-5-6-8-13(9)11(3)10(2)12(4)14/h5-8H,1,14H2,2-4H3/b12-10+,13-11-. The van der Waals surface area contributed by atoms with Crippen molar-refractivity contribution in [3.8, 4) is 0 Å². The fraction of sp³-hybridized carbons (Fsp3) is 0.231. The molecule has 14 heavy (non-hydrogen) atoms. The second kappa shape index (κ2) is 4.14. The molecule has 0 saturated heterocycles. The van der Waals surface area contributed by atoms with Crippen molar-refractivity contribution in [2.75, 3.05) is 0 Å². The fourth-order valence-electron chi connectivity index (χ4n) is 1.38. The molecule has 0 aliphatic heterocycles. The Morgan fingerprint density at radius 2 is 1.71 bits per heavy atom. The van der Waals surface area contributed by atoms with Crippen LogP contribution in [-0.2, 0) is 0 Å². The van der Waals surface area contributed by atoms with Crippen molar-refractivity contribution < 1.29 is 0 Å². The van der Waals surface area contributed by atoms with Gasteiger partial charge in [-0.1, -0.05) is 30.8 Å². The lowest BCUT2D eigenvalue weighted by Gasteiger charge is -2.04. The van der Waals surface area contributed by atoms with E-state index in [1.807, 2.05) is 32.0 Å². The zero-order chi connectivity index (χ0) is 10.7. The lowest BCUT2D eigenvalue weighted by atomic mass is 10.0. The molecular weight excluding hydrogens is 170 g/mol. The van der Waals surface area contributed by atoms with Crippen LogP contribution in [0, 0.1) is 0 Å². The molecule has 0 aliphatic carbocycles. The highest BCUT2D eigenvalue weighted by Gasteiger charge is 1.97. The van der Waals surface area contributed by atoms with Crippen LogP contribution in [0.25, 0.3) is 12.2 Å². The van der Waals surface area contributed by atoms with Gasteiger partial charge in [0, 0.05) is 5.70 Å². The van der Waals surface area contributed by atoms with Gasteiger partial charge in [-0.15, -0.1) is 0 Å². The summed E-state index contributed by atoms with van der Waals surface area (Å²) in [7, 11) is 0. The average Bonchev–Trinajstić information content (AvgIpc) is 2.16. The molecule has 0 aromatic heterocycles. The predicted octanol–water partition coefficient (Wildman–Crippen LogP) is 1.52. The molecule has 0 spiro atoms. The molecule has 0 atom stereocenters. The summed E-state index contributed by atoms with van der Waals surface area (Å²) in [5.74, 6) is 0. The molecule has 0 bridgehead atoms. The summed E-state index contributed by atoms with van der Waals surface area (Å²) in [4.78, 5) is 0. The molecule has 1 nitrogen and oxygen atoms in total. The number of hydrogen-bond donors (Lipinski definition) is 1. The van der Waals surface area contributed by atoms with Crippen LogP contribution in [0.15, 0.2) is 35.5 Å². The van der Waals surface area contributed by atoms with Crippen LogP contribution in [0.4, 0.5) is 0 Å². The summed E-state index contributed by atoms with van der Waals surface area (Å²) >= 11 is 0. The lowest BCUT2D eigenvalue weighted by Crippen LogP contribution is -2.25. The van der Waals surface area contributed by atoms with E-state index in [0.717, 1.165) is 16.5 Å². The Labute approximate surface area is 85.3 Å². The lowest BCUT2D eigenvalue weighted by molar-refractivity contribution is 1.23. The minimum absolute atomic E-state index is 0.866. The molecule has 1 aromatic rings. The Morgan fingerprint density at radius 3 is 2.21 bits per heavy atom. The zero-order valence-electron chi connectivity index (χ0n) is 9.09. The van der Waals surface area contributed by atoms with Crippen molar-refractivity contribution >= 4 is 12.2 Å². The van der Waals surface area contributed by atoms with Gasteiger partial charge in [-0.2, -0.15) is 0 Å². The van der Waals surface area contributed by atoms with Gasteiger partial charge in [0.1, 0.15) is 0 Å². The summed E-state index contributed by atoms with van der Waals surface area (Å²) < 4.78 is 0. The highest BCUT2D eigenvalue weighted by atomic mass is 14.6. The first-order valence-corrected chi connectivity index (χ1v) is 4.72. The number of rotatable bonds is 1. The average molecular weight is 187 g/mol. The van der Waals surface area contributed by atoms with Crippen LogP contribution in [0.3, 0.4) is 0 Å². The van der Waals surface area contributed by atoms with E-state index in [-0.39, 0.29) is 0 Å². The topological polar surface area (TPSA) is 26.0 Å². The van der Waals surface area contributed by atoms with E-state index in [2.05, 4.69) is 19.6 Å². The first kappa shape index (κ1) is 10.6. The molecule has 2 N–H and O–H groups in total. The fourth-order valence-corrected chi connectivity index (χ4v) is 1.38. The molecule has 74 valence electrons. The maximum atomic E-state index is 5.76. The molecule has 0 heterocycles. The third kappa shape index (κ3) is 2.05. The SMILES string of the molecule is C=c1cccc/c1=C(C)/C(C)=C(\C)N. The predicted molar refractivity (Wildman–Crippen MR) is 62.9 cm³/mol. The van der Waals surface area contributed by atoms with Gasteiger partial charge < -0.3 is 5.73 Å². The van der Waals surface area contributed by atoms with Crippen molar-refractivity contribution in [2.45, 2.75) is 20.8 Å². The summed E-state index contributed by atoms with van der Waals surface area (Å²) in [6, 6.07) is 8.10. The van der Waals surface area contributed by atoms with Crippen molar-refractivity contribution in [3.05, 3.63) is 46.0 Å². The van der Waals surface area contributed by atoms with E-state index in [1.54, 1.807) is 0 Å². The number of nitrogens with two attached hydrogens (primary N) is 1. The molecule has 0 unspecified atom stereocenters. The van der Waals surface area contributed by atoms with Crippen LogP contribution >= 0.6 is 0 Å². The summed E-state index contributed by atoms with van der Waals surface area (Å²) in [6.07, 6.45) is 0. The van der Waals surface area contributed by atoms with Gasteiger partial charge in [-0.05, 0) is 42.4 Å². The zero-order valence-corrected chi connectivity index (χ0v) is 9.09. The van der Waals surface area contributed by atoms with Crippen LogP contribution in [0.2, 0.25) is 0 Å². The molecule has 1 rings (SSSR count). The highest BCUT2D eigenvalue weighted by molar-refractivity contribution is 5.62. The van der Waals surface area contributed by atoms with Gasteiger partial charge in [0.15, 0.2) is 0 Å². The van der Waals surface area contributed by atoms with Gasteiger partial charge >= 0.3 is 0 Å². The minimum atomic E-state index is 0.866. The quantitative estimate of drug-likeness (QED) is 0.708. The smallest absolute Gasteiger partial charge is 0.00814 e. The Kier molecular flexibility index (Phi) is 3.13. The van der Waals surface area contributed by atoms with Gasteiger partial charge in [0.05, 0.1) is 0 Å². The highest BCUT2D eigenvalue weighted by Crippen LogP contribution is 2.08. The van der Waals surface area contributed by atoms with Gasteiger partial charge in [0.25, 0.3) is 0 Å². The maximum Gasteiger partial charge on any atom is 0.00814 e. The van der Waals surface area contributed by atoms with Crippen molar-refractivity contribution in [3.63, 3.8) is 0 Å². The van der Waals surface area contributed by atoms with Gasteiger partial charge in [0.2, 0.25) is 0 Å². The molecule has 0 aliphatic rings. The molecule has 1 aromatic carbocycles. The second-order valence-electron chi connectivity index (χ2n) is 3.59. The largest absolute Gasteiger partial charge is 0.402 e. The monoisotopic (exact) mass is 187 g/mol. The van der Waals surface area contributed by atoms with E-state index in [4.69, 9.17) is 5.73 Å². The normalized spacial score (nSPS) is 14.8. The first-order valence-electron chi connectivity index (χ1n) is 4.72. The third-order valence-electron chi connectivity index (χ3n) is 2.58. The van der Waals surface area contributed by atoms with E-state index in [9.17, 15) is 0 Å². The maximum absolute atomic E-state index is 5.76. The second-order valence-corrected chi connectivity index (χ2v) is 3.59. The molecule has 0 saturated carbocycles. The summed E-state index contributed by atoms with van der Waals surface area (Å²) in [5, 5.41) is 2.22. The summed E-state index contributed by atoms with van der Waals surface area (Å²) in [5.41, 5.74) is 8.97. The van der Waals surface area contributed by atoms with E-state index in [0.29, 0.717) is 0 Å². The minimum Gasteiger partial charge on any atom is -0.402 e. The van der Waals surface area contributed by atoms with Crippen LogP contribution in [0.1, 0.15) is 20.8 Å². The Balaban J connectivity index is 3.55. The molecule has 1 heteroatoms. The molecule has 0 fully saturated rings. The van der Waals surface area contributed by atoms with Gasteiger partial charge in [-0.3, -0.25) is 0 Å². The van der Waals surface area contributed by atoms with Crippen LogP contribution < -0.4 is 16.2 Å². The van der Waals surface area contributed by atoms with Crippen LogP contribution in [-0.4, -0.2) is 0 Å². The third-order valence-corrected chi connectivity index (χ3v) is 2.58. The van der Waals surface area contributed by atoms with E-state index >= 15 is 0 Å².